The molecular weight excluding hydrogens is 278 g/mol. The van der Waals surface area contributed by atoms with E-state index in [1.54, 1.807) is 17.4 Å². The summed E-state index contributed by atoms with van der Waals surface area (Å²) in [5.74, 6) is -0.00199. The van der Waals surface area contributed by atoms with Crippen LogP contribution in [0, 0.1) is 0 Å². The number of benzene rings is 1. The Labute approximate surface area is 122 Å². The minimum atomic E-state index is -0.00199. The summed E-state index contributed by atoms with van der Waals surface area (Å²) in [4.78, 5) is 14.9. The fourth-order valence-electron chi connectivity index (χ4n) is 1.96. The minimum absolute atomic E-state index is 0.00199. The summed E-state index contributed by atoms with van der Waals surface area (Å²) in [6.45, 7) is 5.40. The van der Waals surface area contributed by atoms with Gasteiger partial charge in [0.05, 0.1) is 11.6 Å². The number of nitrogens with zero attached hydrogens (tertiary/aromatic N) is 1. The smallest absolute Gasteiger partial charge is 0.161 e. The largest absolute Gasteiger partial charge is 0.367 e. The van der Waals surface area contributed by atoms with Gasteiger partial charge in [-0.3, -0.25) is 4.79 Å². The summed E-state index contributed by atoms with van der Waals surface area (Å²) in [5.41, 5.74) is 1.63. The van der Waals surface area contributed by atoms with Crippen molar-refractivity contribution >= 4 is 34.4 Å². The van der Waals surface area contributed by atoms with E-state index in [-0.39, 0.29) is 5.78 Å². The first kappa shape index (κ1) is 14.1. The highest BCUT2D eigenvalue weighted by atomic mass is 35.5. The van der Waals surface area contributed by atoms with Crippen LogP contribution >= 0.6 is 22.9 Å². The molecule has 0 bridgehead atoms. The third-order valence-corrected chi connectivity index (χ3v) is 4.18. The van der Waals surface area contributed by atoms with E-state index in [0.29, 0.717) is 10.6 Å². The molecule has 0 aliphatic heterocycles. The lowest BCUT2D eigenvalue weighted by atomic mass is 10.1. The predicted molar refractivity (Wildman–Crippen MR) is 82.5 cm³/mol. The van der Waals surface area contributed by atoms with Crippen molar-refractivity contribution in [2.75, 3.05) is 11.4 Å². The van der Waals surface area contributed by atoms with E-state index >= 15 is 0 Å². The van der Waals surface area contributed by atoms with Crippen molar-refractivity contribution in [3.63, 3.8) is 0 Å². The molecule has 0 radical (unpaired) electrons. The van der Waals surface area contributed by atoms with Crippen molar-refractivity contribution in [2.24, 2.45) is 0 Å². The second-order valence-electron chi connectivity index (χ2n) is 4.31. The van der Waals surface area contributed by atoms with Gasteiger partial charge in [-0.1, -0.05) is 17.7 Å². The Kier molecular flexibility index (Phi) is 4.61. The molecule has 1 aromatic carbocycles. The molecule has 1 aromatic heterocycles. The maximum Gasteiger partial charge on any atom is 0.161 e. The first-order valence-corrected chi connectivity index (χ1v) is 7.45. The topological polar surface area (TPSA) is 20.3 Å². The van der Waals surface area contributed by atoms with Gasteiger partial charge in [-0.05, 0) is 43.5 Å². The Bertz CT molecular complexity index is 566. The lowest BCUT2D eigenvalue weighted by molar-refractivity contribution is 0.101. The summed E-state index contributed by atoms with van der Waals surface area (Å²) >= 11 is 7.91. The molecule has 19 heavy (non-hydrogen) atoms. The number of hydrogen-bond acceptors (Lipinski definition) is 3. The monoisotopic (exact) mass is 293 g/mol. The third kappa shape index (κ3) is 3.37. The number of thiophene rings is 1. The van der Waals surface area contributed by atoms with Gasteiger partial charge in [0.15, 0.2) is 5.78 Å². The van der Waals surface area contributed by atoms with Gasteiger partial charge in [0, 0.05) is 22.7 Å². The lowest BCUT2D eigenvalue weighted by Gasteiger charge is -2.23. The normalized spacial score (nSPS) is 10.5. The number of hydrogen-bond donors (Lipinski definition) is 0. The van der Waals surface area contributed by atoms with Crippen LogP contribution in [0.5, 0.6) is 0 Å². The molecule has 100 valence electrons. The number of halogens is 1. The fraction of sp³-hybridized carbons (Fsp3) is 0.267. The molecule has 0 aliphatic rings. The number of anilines is 1. The summed E-state index contributed by atoms with van der Waals surface area (Å²) in [6.07, 6.45) is 0. The Morgan fingerprint density at radius 1 is 1.37 bits per heavy atom. The van der Waals surface area contributed by atoms with E-state index in [0.717, 1.165) is 18.8 Å². The number of carbonyl (C=O) groups excluding carboxylic acids is 1. The first-order chi connectivity index (χ1) is 9.11. The highest BCUT2D eigenvalue weighted by molar-refractivity contribution is 7.09. The Morgan fingerprint density at radius 3 is 2.68 bits per heavy atom. The SMILES string of the molecule is CCN(Cc1cccs1)c1ccc(C(C)=O)c(Cl)c1. The van der Waals surface area contributed by atoms with Crippen molar-refractivity contribution in [2.45, 2.75) is 20.4 Å². The molecule has 0 spiro atoms. The van der Waals surface area contributed by atoms with Crippen LogP contribution in [0.15, 0.2) is 35.7 Å². The number of ketones is 1. The van der Waals surface area contributed by atoms with Gasteiger partial charge in [-0.25, -0.2) is 0 Å². The molecular formula is C15H16ClNOS. The van der Waals surface area contributed by atoms with Crippen LogP contribution in [0.2, 0.25) is 5.02 Å². The van der Waals surface area contributed by atoms with E-state index in [1.807, 2.05) is 12.1 Å². The van der Waals surface area contributed by atoms with E-state index in [9.17, 15) is 4.79 Å². The molecule has 0 amide bonds. The van der Waals surface area contributed by atoms with Gasteiger partial charge in [0.2, 0.25) is 0 Å². The molecule has 0 N–H and O–H groups in total. The summed E-state index contributed by atoms with van der Waals surface area (Å²) < 4.78 is 0. The highest BCUT2D eigenvalue weighted by Gasteiger charge is 2.10. The number of rotatable bonds is 5. The quantitative estimate of drug-likeness (QED) is 0.749. The molecule has 2 nitrogen and oxygen atoms in total. The van der Waals surface area contributed by atoms with Crippen LogP contribution < -0.4 is 4.90 Å². The maximum atomic E-state index is 11.4. The van der Waals surface area contributed by atoms with Gasteiger partial charge >= 0.3 is 0 Å². The van der Waals surface area contributed by atoms with Crippen molar-refractivity contribution in [1.82, 2.24) is 0 Å². The number of Topliss-reactive ketones (excluding diaryl/α,β-unsaturated/α-hetero) is 1. The fourth-order valence-corrected chi connectivity index (χ4v) is 2.99. The average molecular weight is 294 g/mol. The van der Waals surface area contributed by atoms with Crippen molar-refractivity contribution < 1.29 is 4.79 Å². The van der Waals surface area contributed by atoms with Crippen molar-refractivity contribution in [3.8, 4) is 0 Å². The van der Waals surface area contributed by atoms with Gasteiger partial charge < -0.3 is 4.90 Å². The van der Waals surface area contributed by atoms with Gasteiger partial charge in [-0.15, -0.1) is 11.3 Å². The average Bonchev–Trinajstić information content (AvgIpc) is 2.88. The molecule has 2 rings (SSSR count). The van der Waals surface area contributed by atoms with E-state index in [1.165, 1.54) is 11.8 Å². The molecule has 1 heterocycles. The maximum absolute atomic E-state index is 11.4. The molecule has 0 atom stereocenters. The first-order valence-electron chi connectivity index (χ1n) is 6.19. The minimum Gasteiger partial charge on any atom is -0.367 e. The zero-order valence-electron chi connectivity index (χ0n) is 11.0. The van der Waals surface area contributed by atoms with E-state index < -0.39 is 0 Å². The molecule has 0 unspecified atom stereocenters. The highest BCUT2D eigenvalue weighted by Crippen LogP contribution is 2.26. The Balaban J connectivity index is 2.23. The van der Waals surface area contributed by atoms with Crippen LogP contribution in [0.25, 0.3) is 0 Å². The molecule has 2 aromatic rings. The summed E-state index contributed by atoms with van der Waals surface area (Å²) in [6, 6.07) is 9.81. The van der Waals surface area contributed by atoms with E-state index in [2.05, 4.69) is 29.3 Å². The zero-order chi connectivity index (χ0) is 13.8. The van der Waals surface area contributed by atoms with Crippen LogP contribution in [-0.2, 0) is 6.54 Å². The Hall–Kier alpha value is -1.32. The molecule has 0 fully saturated rings. The summed E-state index contributed by atoms with van der Waals surface area (Å²) in [5, 5.41) is 2.60. The standard InChI is InChI=1S/C15H16ClNOS/c1-3-17(10-13-5-4-8-19-13)12-6-7-14(11(2)18)15(16)9-12/h4-9H,3,10H2,1-2H3. The van der Waals surface area contributed by atoms with Crippen LogP contribution in [0.4, 0.5) is 5.69 Å². The predicted octanol–water partition coefficient (Wildman–Crippen LogP) is 4.63. The van der Waals surface area contributed by atoms with E-state index in [4.69, 9.17) is 11.6 Å². The molecule has 0 saturated carbocycles. The van der Waals surface area contributed by atoms with Crippen LogP contribution in [0.1, 0.15) is 29.1 Å². The second-order valence-corrected chi connectivity index (χ2v) is 5.75. The second kappa shape index (κ2) is 6.22. The number of carbonyl (C=O) groups is 1. The zero-order valence-corrected chi connectivity index (χ0v) is 12.6. The van der Waals surface area contributed by atoms with Gasteiger partial charge in [0.1, 0.15) is 0 Å². The third-order valence-electron chi connectivity index (χ3n) is 3.01. The molecule has 0 saturated heterocycles. The molecule has 4 heteroatoms. The lowest BCUT2D eigenvalue weighted by Crippen LogP contribution is -2.21. The van der Waals surface area contributed by atoms with Gasteiger partial charge in [0.25, 0.3) is 0 Å². The van der Waals surface area contributed by atoms with Crippen LogP contribution in [-0.4, -0.2) is 12.3 Å². The van der Waals surface area contributed by atoms with Crippen molar-refractivity contribution in [1.29, 1.82) is 0 Å². The van der Waals surface area contributed by atoms with Crippen LogP contribution in [0.3, 0.4) is 0 Å². The van der Waals surface area contributed by atoms with Gasteiger partial charge in [-0.2, -0.15) is 0 Å². The van der Waals surface area contributed by atoms with Crippen molar-refractivity contribution in [3.05, 3.63) is 51.2 Å². The summed E-state index contributed by atoms with van der Waals surface area (Å²) in [7, 11) is 0. The Morgan fingerprint density at radius 2 is 2.16 bits per heavy atom. The molecule has 0 aliphatic carbocycles.